The van der Waals surface area contributed by atoms with E-state index in [2.05, 4.69) is 27.8 Å². The molecule has 0 amide bonds. The van der Waals surface area contributed by atoms with Crippen molar-refractivity contribution >= 4 is 0 Å². The fourth-order valence-electron chi connectivity index (χ4n) is 5.81. The Kier molecular flexibility index (Phi) is 4.82. The van der Waals surface area contributed by atoms with Crippen molar-refractivity contribution in [3.63, 3.8) is 0 Å². The number of fused-ring (bicyclic) bond motifs is 1. The Morgan fingerprint density at radius 2 is 1.81 bits per heavy atom. The maximum absolute atomic E-state index is 6.48. The van der Waals surface area contributed by atoms with Crippen LogP contribution in [0.15, 0.2) is 12.4 Å². The first kappa shape index (κ1) is 17.2. The summed E-state index contributed by atoms with van der Waals surface area (Å²) in [5, 5.41) is 4.67. The van der Waals surface area contributed by atoms with Gasteiger partial charge in [0.15, 0.2) is 0 Å². The average molecular weight is 358 g/mol. The molecule has 1 aromatic heterocycles. The number of hydrogen-bond acceptors (Lipinski definition) is 3. The summed E-state index contributed by atoms with van der Waals surface area (Å²) in [7, 11) is 0. The molecule has 2 heterocycles. The van der Waals surface area contributed by atoms with Gasteiger partial charge >= 0.3 is 0 Å². The topological polar surface area (TPSA) is 30.3 Å². The Morgan fingerprint density at radius 3 is 2.50 bits per heavy atom. The van der Waals surface area contributed by atoms with Gasteiger partial charge in [-0.2, -0.15) is 5.10 Å². The van der Waals surface area contributed by atoms with E-state index >= 15 is 0 Å². The van der Waals surface area contributed by atoms with Gasteiger partial charge in [0.05, 0.1) is 18.3 Å². The molecule has 26 heavy (non-hydrogen) atoms. The van der Waals surface area contributed by atoms with Crippen LogP contribution in [0.4, 0.5) is 0 Å². The minimum absolute atomic E-state index is 0.364. The van der Waals surface area contributed by atoms with E-state index in [-0.39, 0.29) is 0 Å². The van der Waals surface area contributed by atoms with Crippen LogP contribution < -0.4 is 0 Å². The molecule has 4 aliphatic rings. The summed E-state index contributed by atoms with van der Waals surface area (Å²) in [6, 6.07) is 0.440. The highest BCUT2D eigenvalue weighted by atomic mass is 16.5. The molecular formula is C22H35N3O. The van der Waals surface area contributed by atoms with Gasteiger partial charge in [0.2, 0.25) is 0 Å². The largest absolute Gasteiger partial charge is 0.376 e. The van der Waals surface area contributed by atoms with Crippen LogP contribution in [0, 0.1) is 30.6 Å². The zero-order valence-corrected chi connectivity index (χ0v) is 16.4. The maximum atomic E-state index is 6.48. The Balaban J connectivity index is 1.26. The second-order valence-corrected chi connectivity index (χ2v) is 9.74. The van der Waals surface area contributed by atoms with Gasteiger partial charge in [-0.05, 0) is 74.7 Å². The summed E-state index contributed by atoms with van der Waals surface area (Å²) in [5.74, 6) is 3.50. The minimum Gasteiger partial charge on any atom is -0.376 e. The monoisotopic (exact) mass is 357 g/mol. The standard InChI is InChI=1S/C22H35N3O/c1-16-10-23-25(11-16)21-8-19-13-24(12-17-4-2-3-5-17)14-20(19)9-22(21)26-15-18-6-7-18/h10-11,17-22H,2-9,12-15H2,1H3/t19-,20+,21-,22-/m0/s1. The van der Waals surface area contributed by atoms with Crippen molar-refractivity contribution in [2.45, 2.75) is 70.4 Å². The van der Waals surface area contributed by atoms with Crippen molar-refractivity contribution in [3.8, 4) is 0 Å². The number of likely N-dealkylation sites (tertiary alicyclic amines) is 1. The van der Waals surface area contributed by atoms with Crippen LogP contribution in [0.5, 0.6) is 0 Å². The molecule has 1 aromatic rings. The Hall–Kier alpha value is -0.870. The van der Waals surface area contributed by atoms with Gasteiger partial charge in [0, 0.05) is 32.4 Å². The quantitative estimate of drug-likeness (QED) is 0.769. The predicted molar refractivity (Wildman–Crippen MR) is 103 cm³/mol. The first-order chi connectivity index (χ1) is 12.7. The van der Waals surface area contributed by atoms with Crippen LogP contribution in [-0.4, -0.2) is 47.0 Å². The Labute approximate surface area is 158 Å². The summed E-state index contributed by atoms with van der Waals surface area (Å²) in [6.07, 6.45) is 15.7. The van der Waals surface area contributed by atoms with Crippen molar-refractivity contribution in [2.24, 2.45) is 23.7 Å². The van der Waals surface area contributed by atoms with Crippen LogP contribution in [0.2, 0.25) is 0 Å². The maximum Gasteiger partial charge on any atom is 0.0802 e. The van der Waals surface area contributed by atoms with Crippen molar-refractivity contribution in [2.75, 3.05) is 26.2 Å². The van der Waals surface area contributed by atoms with Crippen molar-refractivity contribution in [1.82, 2.24) is 14.7 Å². The lowest BCUT2D eigenvalue weighted by Gasteiger charge is -2.38. The first-order valence-electron chi connectivity index (χ1n) is 11.1. The number of ether oxygens (including phenoxy) is 1. The SMILES string of the molecule is Cc1cnn([C@H]2C[C@H]3CN(CC4CCCC4)C[C@H]3C[C@@H]2OCC2CC2)c1. The second kappa shape index (κ2) is 7.27. The van der Waals surface area contributed by atoms with E-state index in [1.807, 2.05) is 6.20 Å². The number of rotatable bonds is 6. The van der Waals surface area contributed by atoms with Gasteiger partial charge < -0.3 is 9.64 Å². The Bertz CT molecular complexity index is 604. The molecule has 0 unspecified atom stereocenters. The molecule has 5 rings (SSSR count). The van der Waals surface area contributed by atoms with E-state index in [9.17, 15) is 0 Å². The van der Waals surface area contributed by atoms with Gasteiger partial charge in [0.1, 0.15) is 0 Å². The zero-order chi connectivity index (χ0) is 17.5. The number of hydrogen-bond donors (Lipinski definition) is 0. The smallest absolute Gasteiger partial charge is 0.0802 e. The van der Waals surface area contributed by atoms with Gasteiger partial charge in [-0.25, -0.2) is 0 Å². The molecule has 144 valence electrons. The van der Waals surface area contributed by atoms with Gasteiger partial charge in [-0.15, -0.1) is 0 Å². The van der Waals surface area contributed by atoms with Crippen molar-refractivity contribution in [3.05, 3.63) is 18.0 Å². The van der Waals surface area contributed by atoms with Gasteiger partial charge in [0.25, 0.3) is 0 Å². The number of nitrogens with zero attached hydrogens (tertiary/aromatic N) is 3. The summed E-state index contributed by atoms with van der Waals surface area (Å²) < 4.78 is 8.71. The van der Waals surface area contributed by atoms with Crippen molar-refractivity contribution < 1.29 is 4.74 Å². The predicted octanol–water partition coefficient (Wildman–Crippen LogP) is 4.06. The molecule has 0 bridgehead atoms. The molecule has 4 fully saturated rings. The van der Waals surface area contributed by atoms with Crippen LogP contribution in [-0.2, 0) is 4.74 Å². The van der Waals surface area contributed by atoms with E-state index in [1.54, 1.807) is 0 Å². The summed E-state index contributed by atoms with van der Waals surface area (Å²) >= 11 is 0. The fraction of sp³-hybridized carbons (Fsp3) is 0.864. The molecule has 4 atom stereocenters. The highest BCUT2D eigenvalue weighted by molar-refractivity contribution is 5.03. The normalized spacial score (nSPS) is 35.9. The lowest BCUT2D eigenvalue weighted by Crippen LogP contribution is -2.38. The molecule has 4 heteroatoms. The Morgan fingerprint density at radius 1 is 1.04 bits per heavy atom. The molecule has 0 N–H and O–H groups in total. The molecule has 3 saturated carbocycles. The first-order valence-corrected chi connectivity index (χ1v) is 11.1. The second-order valence-electron chi connectivity index (χ2n) is 9.74. The van der Waals surface area contributed by atoms with E-state index in [0.29, 0.717) is 12.1 Å². The summed E-state index contributed by atoms with van der Waals surface area (Å²) in [5.41, 5.74) is 1.27. The third-order valence-electron chi connectivity index (χ3n) is 7.47. The van der Waals surface area contributed by atoms with E-state index in [0.717, 1.165) is 30.3 Å². The third kappa shape index (κ3) is 3.73. The highest BCUT2D eigenvalue weighted by Gasteiger charge is 2.44. The van der Waals surface area contributed by atoms with Gasteiger partial charge in [-0.3, -0.25) is 4.68 Å². The van der Waals surface area contributed by atoms with Crippen LogP contribution in [0.25, 0.3) is 0 Å². The molecule has 4 nitrogen and oxygen atoms in total. The molecule has 0 aromatic carbocycles. The fourth-order valence-corrected chi connectivity index (χ4v) is 5.81. The van der Waals surface area contributed by atoms with E-state index < -0.39 is 0 Å². The zero-order valence-electron chi connectivity index (χ0n) is 16.4. The molecule has 3 aliphatic carbocycles. The molecule has 0 spiro atoms. The van der Waals surface area contributed by atoms with E-state index in [1.165, 1.54) is 76.6 Å². The van der Waals surface area contributed by atoms with E-state index in [4.69, 9.17) is 4.74 Å². The van der Waals surface area contributed by atoms with Crippen LogP contribution >= 0.6 is 0 Å². The molecule has 0 radical (unpaired) electrons. The lowest BCUT2D eigenvalue weighted by atomic mass is 9.77. The van der Waals surface area contributed by atoms with Crippen LogP contribution in [0.3, 0.4) is 0 Å². The van der Waals surface area contributed by atoms with Crippen molar-refractivity contribution in [1.29, 1.82) is 0 Å². The number of aryl methyl sites for hydroxylation is 1. The van der Waals surface area contributed by atoms with Crippen LogP contribution in [0.1, 0.15) is 63.0 Å². The molecular weight excluding hydrogens is 322 g/mol. The molecule has 1 saturated heterocycles. The number of aromatic nitrogens is 2. The summed E-state index contributed by atoms with van der Waals surface area (Å²) in [6.45, 7) is 7.10. The summed E-state index contributed by atoms with van der Waals surface area (Å²) in [4.78, 5) is 2.79. The highest BCUT2D eigenvalue weighted by Crippen LogP contribution is 2.44. The lowest BCUT2D eigenvalue weighted by molar-refractivity contribution is -0.0371. The minimum atomic E-state index is 0.364. The average Bonchev–Trinajstić information content (AvgIpc) is 2.98. The third-order valence-corrected chi connectivity index (χ3v) is 7.47. The van der Waals surface area contributed by atoms with Gasteiger partial charge in [-0.1, -0.05) is 12.8 Å². The molecule has 1 aliphatic heterocycles.